The first-order valence-electron chi connectivity index (χ1n) is 9.57. The number of nitrogens with zero attached hydrogens (tertiary/aromatic N) is 4. The lowest BCUT2D eigenvalue weighted by Crippen LogP contribution is -2.37. The van der Waals surface area contributed by atoms with Crippen LogP contribution in [0, 0.1) is 0 Å². The molecule has 1 aromatic carbocycles. The number of hydrogen-bond donors (Lipinski definition) is 0. The van der Waals surface area contributed by atoms with E-state index >= 15 is 0 Å². The molecule has 6 nitrogen and oxygen atoms in total. The average molecular weight is 366 g/mol. The molecule has 0 bridgehead atoms. The zero-order valence-corrected chi connectivity index (χ0v) is 16.0. The molecule has 2 aliphatic heterocycles. The fraction of sp³-hybridized carbons (Fsp3) is 0.476. The Labute approximate surface area is 160 Å². The van der Waals surface area contributed by atoms with Crippen LogP contribution in [0.4, 0.5) is 0 Å². The van der Waals surface area contributed by atoms with Crippen LogP contribution in [0.25, 0.3) is 0 Å². The van der Waals surface area contributed by atoms with E-state index in [1.807, 2.05) is 35.4 Å². The van der Waals surface area contributed by atoms with Crippen molar-refractivity contribution in [2.45, 2.75) is 31.7 Å². The first kappa shape index (κ1) is 17.9. The van der Waals surface area contributed by atoms with Crippen LogP contribution in [0.5, 0.6) is 5.75 Å². The molecule has 0 unspecified atom stereocenters. The molecule has 3 heterocycles. The van der Waals surface area contributed by atoms with Crippen LogP contribution >= 0.6 is 0 Å². The van der Waals surface area contributed by atoms with Crippen LogP contribution in [-0.2, 0) is 24.2 Å². The number of likely N-dealkylation sites (N-methyl/N-ethyl adjacent to an activating group) is 1. The minimum Gasteiger partial charge on any atom is -0.496 e. The Balaban J connectivity index is 1.44. The first-order chi connectivity index (χ1) is 13.1. The van der Waals surface area contributed by atoms with Gasteiger partial charge in [0.15, 0.2) is 0 Å². The van der Waals surface area contributed by atoms with E-state index in [0.717, 1.165) is 54.3 Å². The molecule has 1 atom stereocenters. The van der Waals surface area contributed by atoms with Crippen molar-refractivity contribution in [2.75, 3.05) is 33.8 Å². The molecular weight excluding hydrogens is 340 g/mol. The molecule has 1 saturated heterocycles. The molecule has 1 aromatic heterocycles. The number of methoxy groups -OCH3 is 1. The van der Waals surface area contributed by atoms with E-state index in [1.165, 1.54) is 0 Å². The highest BCUT2D eigenvalue weighted by Gasteiger charge is 2.27. The standard InChI is InChI=1S/C21H26N4O2/c1-24-9-7-16(13-24)21-22-12-17-14-25(10-8-18(17)23-21)20(26)11-15-5-3-4-6-19(15)27-2/h3-6,12,16H,7-11,13-14H2,1-2H3/t16-/m0/s1. The van der Waals surface area contributed by atoms with Gasteiger partial charge in [-0.05, 0) is 26.1 Å². The van der Waals surface area contributed by atoms with Gasteiger partial charge < -0.3 is 14.5 Å². The zero-order chi connectivity index (χ0) is 18.8. The summed E-state index contributed by atoms with van der Waals surface area (Å²) in [5.74, 6) is 2.28. The van der Waals surface area contributed by atoms with Crippen molar-refractivity contribution >= 4 is 5.91 Å². The fourth-order valence-corrected chi connectivity index (χ4v) is 4.01. The van der Waals surface area contributed by atoms with Crippen molar-refractivity contribution in [3.63, 3.8) is 0 Å². The third-order valence-corrected chi connectivity index (χ3v) is 5.60. The monoisotopic (exact) mass is 366 g/mol. The van der Waals surface area contributed by atoms with Crippen molar-refractivity contribution in [1.29, 1.82) is 0 Å². The quantitative estimate of drug-likeness (QED) is 0.829. The van der Waals surface area contributed by atoms with E-state index in [1.54, 1.807) is 7.11 Å². The lowest BCUT2D eigenvalue weighted by molar-refractivity contribution is -0.131. The van der Waals surface area contributed by atoms with E-state index in [2.05, 4.69) is 16.9 Å². The molecule has 1 amide bonds. The normalized spacial score (nSPS) is 19.8. The number of carbonyl (C=O) groups is 1. The van der Waals surface area contributed by atoms with Crippen molar-refractivity contribution in [1.82, 2.24) is 19.8 Å². The van der Waals surface area contributed by atoms with Gasteiger partial charge in [0.1, 0.15) is 11.6 Å². The lowest BCUT2D eigenvalue weighted by Gasteiger charge is -2.28. The number of fused-ring (bicyclic) bond motifs is 1. The van der Waals surface area contributed by atoms with Crippen LogP contribution in [-0.4, -0.2) is 59.5 Å². The second-order valence-corrected chi connectivity index (χ2v) is 7.50. The maximum Gasteiger partial charge on any atom is 0.227 e. The topological polar surface area (TPSA) is 58.6 Å². The fourth-order valence-electron chi connectivity index (χ4n) is 4.01. The summed E-state index contributed by atoms with van der Waals surface area (Å²) in [7, 11) is 3.78. The highest BCUT2D eigenvalue weighted by Crippen LogP contribution is 2.26. The van der Waals surface area contributed by atoms with Gasteiger partial charge in [-0.2, -0.15) is 0 Å². The number of aromatic nitrogens is 2. The third-order valence-electron chi connectivity index (χ3n) is 5.60. The summed E-state index contributed by atoms with van der Waals surface area (Å²) in [5.41, 5.74) is 3.10. The summed E-state index contributed by atoms with van der Waals surface area (Å²) in [5, 5.41) is 0. The molecule has 27 heavy (non-hydrogen) atoms. The summed E-state index contributed by atoms with van der Waals surface area (Å²) in [6, 6.07) is 7.69. The lowest BCUT2D eigenvalue weighted by atomic mass is 10.0. The molecule has 0 spiro atoms. The summed E-state index contributed by atoms with van der Waals surface area (Å²) >= 11 is 0. The van der Waals surface area contributed by atoms with Gasteiger partial charge in [0.2, 0.25) is 5.91 Å². The molecule has 0 aliphatic carbocycles. The Morgan fingerprint density at radius 2 is 2.15 bits per heavy atom. The van der Waals surface area contributed by atoms with Gasteiger partial charge in [0, 0.05) is 49.3 Å². The van der Waals surface area contributed by atoms with Crippen molar-refractivity contribution in [2.24, 2.45) is 0 Å². The number of ether oxygens (including phenoxy) is 1. The Bertz CT molecular complexity index is 839. The van der Waals surface area contributed by atoms with Crippen molar-refractivity contribution < 1.29 is 9.53 Å². The molecular formula is C21H26N4O2. The van der Waals surface area contributed by atoms with Gasteiger partial charge in [0.05, 0.1) is 19.2 Å². The van der Waals surface area contributed by atoms with Gasteiger partial charge in [-0.3, -0.25) is 4.79 Å². The summed E-state index contributed by atoms with van der Waals surface area (Å²) in [4.78, 5) is 26.5. The molecule has 1 fully saturated rings. The average Bonchev–Trinajstić information content (AvgIpc) is 3.14. The molecule has 142 valence electrons. The van der Waals surface area contributed by atoms with E-state index in [-0.39, 0.29) is 5.91 Å². The smallest absolute Gasteiger partial charge is 0.227 e. The molecule has 2 aliphatic rings. The second kappa shape index (κ2) is 7.64. The maximum atomic E-state index is 12.8. The Morgan fingerprint density at radius 3 is 2.93 bits per heavy atom. The van der Waals surface area contributed by atoms with Gasteiger partial charge in [-0.1, -0.05) is 18.2 Å². The molecule has 2 aromatic rings. The molecule has 6 heteroatoms. The summed E-state index contributed by atoms with van der Waals surface area (Å²) < 4.78 is 5.37. The van der Waals surface area contributed by atoms with E-state index in [4.69, 9.17) is 9.72 Å². The Morgan fingerprint density at radius 1 is 1.30 bits per heavy atom. The van der Waals surface area contributed by atoms with Crippen molar-refractivity contribution in [3.05, 3.63) is 53.1 Å². The van der Waals surface area contributed by atoms with Gasteiger partial charge in [-0.15, -0.1) is 0 Å². The SMILES string of the molecule is COc1ccccc1CC(=O)N1CCc2nc([C@H]3CCN(C)C3)ncc2C1. The Kier molecular flexibility index (Phi) is 5.07. The van der Waals surface area contributed by atoms with Crippen LogP contribution in [0.3, 0.4) is 0 Å². The molecule has 0 N–H and O–H groups in total. The highest BCUT2D eigenvalue weighted by atomic mass is 16.5. The van der Waals surface area contributed by atoms with Crippen LogP contribution in [0.1, 0.15) is 35.0 Å². The minimum atomic E-state index is 0.117. The molecule has 4 rings (SSSR count). The first-order valence-corrected chi connectivity index (χ1v) is 9.57. The number of para-hydroxylation sites is 1. The van der Waals surface area contributed by atoms with E-state index in [9.17, 15) is 4.79 Å². The number of rotatable bonds is 4. The van der Waals surface area contributed by atoms with E-state index in [0.29, 0.717) is 25.4 Å². The number of amides is 1. The third kappa shape index (κ3) is 3.81. The number of hydrogen-bond acceptors (Lipinski definition) is 5. The highest BCUT2D eigenvalue weighted by molar-refractivity contribution is 5.79. The number of benzene rings is 1. The van der Waals surface area contributed by atoms with Gasteiger partial charge >= 0.3 is 0 Å². The van der Waals surface area contributed by atoms with Gasteiger partial charge in [-0.25, -0.2) is 9.97 Å². The summed E-state index contributed by atoms with van der Waals surface area (Å²) in [6.45, 7) is 3.44. The van der Waals surface area contributed by atoms with Crippen LogP contribution < -0.4 is 4.74 Å². The Hall–Kier alpha value is -2.47. The zero-order valence-electron chi connectivity index (χ0n) is 16.0. The predicted octanol–water partition coefficient (Wildman–Crippen LogP) is 2.03. The summed E-state index contributed by atoms with van der Waals surface area (Å²) in [6.07, 6.45) is 4.20. The van der Waals surface area contributed by atoms with Gasteiger partial charge in [0.25, 0.3) is 0 Å². The maximum absolute atomic E-state index is 12.8. The predicted molar refractivity (Wildman–Crippen MR) is 103 cm³/mol. The largest absolute Gasteiger partial charge is 0.496 e. The minimum absolute atomic E-state index is 0.117. The van der Waals surface area contributed by atoms with Crippen LogP contribution in [0.2, 0.25) is 0 Å². The number of carbonyl (C=O) groups excluding carboxylic acids is 1. The van der Waals surface area contributed by atoms with E-state index < -0.39 is 0 Å². The molecule has 0 radical (unpaired) electrons. The van der Waals surface area contributed by atoms with Crippen LogP contribution in [0.15, 0.2) is 30.5 Å². The molecule has 0 saturated carbocycles. The second-order valence-electron chi connectivity index (χ2n) is 7.50. The van der Waals surface area contributed by atoms with Crippen molar-refractivity contribution in [3.8, 4) is 5.75 Å². The number of likely N-dealkylation sites (tertiary alicyclic amines) is 1.